The molecule has 0 amide bonds. The van der Waals surface area contributed by atoms with Crippen molar-refractivity contribution in [2.45, 2.75) is 32.4 Å². The summed E-state index contributed by atoms with van der Waals surface area (Å²) in [5, 5.41) is 3.08. The Morgan fingerprint density at radius 2 is 2.04 bits per heavy atom. The van der Waals surface area contributed by atoms with Gasteiger partial charge in [-0.2, -0.15) is 0 Å². The van der Waals surface area contributed by atoms with Crippen LogP contribution in [0.1, 0.15) is 24.0 Å². The lowest BCUT2D eigenvalue weighted by atomic mass is 10.1. The summed E-state index contributed by atoms with van der Waals surface area (Å²) in [6, 6.07) is 13.6. The summed E-state index contributed by atoms with van der Waals surface area (Å²) in [6.07, 6.45) is 2.34. The number of nitrogens with one attached hydrogen (secondary N) is 1. The van der Waals surface area contributed by atoms with E-state index in [4.69, 9.17) is 19.9 Å². The van der Waals surface area contributed by atoms with E-state index in [0.29, 0.717) is 19.1 Å². The molecule has 3 N–H and O–H groups in total. The van der Waals surface area contributed by atoms with Crippen molar-refractivity contribution >= 4 is 35.6 Å². The van der Waals surface area contributed by atoms with Crippen LogP contribution >= 0.6 is 24.0 Å². The van der Waals surface area contributed by atoms with E-state index in [-0.39, 0.29) is 30.1 Å². The molecule has 7 heteroatoms. The second kappa shape index (κ2) is 11.1. The molecule has 1 unspecified atom stereocenters. The molecule has 1 atom stereocenters. The first kappa shape index (κ1) is 22.3. The molecule has 1 aliphatic rings. The van der Waals surface area contributed by atoms with Crippen LogP contribution in [0.5, 0.6) is 11.5 Å². The summed E-state index contributed by atoms with van der Waals surface area (Å²) in [7, 11) is 1.64. The lowest BCUT2D eigenvalue weighted by Crippen LogP contribution is -2.22. The van der Waals surface area contributed by atoms with Gasteiger partial charge in [-0.25, -0.2) is 4.99 Å². The molecule has 0 aliphatic carbocycles. The zero-order valence-corrected chi connectivity index (χ0v) is 18.6. The van der Waals surface area contributed by atoms with Crippen LogP contribution in [0, 0.1) is 6.92 Å². The molecule has 0 saturated carbocycles. The first-order chi connectivity index (χ1) is 13.1. The number of hydrogen-bond acceptors (Lipinski definition) is 4. The summed E-state index contributed by atoms with van der Waals surface area (Å²) in [6.45, 7) is 3.88. The zero-order valence-electron chi connectivity index (χ0n) is 16.3. The lowest BCUT2D eigenvalue weighted by Gasteiger charge is -2.15. The number of halogens is 1. The minimum atomic E-state index is 0. The molecule has 152 valence electrons. The standard InChI is InChI=1S/C21H27N3O3.HI/c1-15-5-6-16(20(12-15)27-14-19-4-3-11-26-19)13-23-21(22)24-17-7-9-18(25-2)10-8-17;/h5-10,12,19H,3-4,11,13-14H2,1-2H3,(H3,22,23,24);1H. The Bertz CT molecular complexity index is 775. The van der Waals surface area contributed by atoms with Gasteiger partial charge in [-0.05, 0) is 55.7 Å². The molecular formula is C21H28IN3O3. The number of hydrogen-bond donors (Lipinski definition) is 2. The van der Waals surface area contributed by atoms with Crippen molar-refractivity contribution in [1.29, 1.82) is 0 Å². The fourth-order valence-electron chi connectivity index (χ4n) is 2.92. The third kappa shape index (κ3) is 6.56. The molecule has 2 aromatic carbocycles. The molecule has 1 fully saturated rings. The van der Waals surface area contributed by atoms with Crippen LogP contribution in [0.25, 0.3) is 0 Å². The maximum Gasteiger partial charge on any atom is 0.193 e. The van der Waals surface area contributed by atoms with E-state index in [9.17, 15) is 0 Å². The van der Waals surface area contributed by atoms with Gasteiger partial charge in [0.05, 0.1) is 19.8 Å². The Kier molecular flexibility index (Phi) is 8.85. The Labute approximate surface area is 183 Å². The Morgan fingerprint density at radius 1 is 1.25 bits per heavy atom. The summed E-state index contributed by atoms with van der Waals surface area (Å²) >= 11 is 0. The van der Waals surface area contributed by atoms with E-state index in [0.717, 1.165) is 47.8 Å². The predicted octanol–water partition coefficient (Wildman–Crippen LogP) is 4.11. The molecule has 1 saturated heterocycles. The Balaban J connectivity index is 0.00000280. The van der Waals surface area contributed by atoms with Gasteiger partial charge in [0, 0.05) is 17.9 Å². The minimum Gasteiger partial charge on any atom is -0.497 e. The van der Waals surface area contributed by atoms with Crippen LogP contribution < -0.4 is 20.5 Å². The second-order valence-corrected chi connectivity index (χ2v) is 6.61. The fraction of sp³-hybridized carbons (Fsp3) is 0.381. The van der Waals surface area contributed by atoms with Gasteiger partial charge >= 0.3 is 0 Å². The smallest absolute Gasteiger partial charge is 0.193 e. The number of nitrogens with zero attached hydrogens (tertiary/aromatic N) is 1. The zero-order chi connectivity index (χ0) is 19.1. The first-order valence-electron chi connectivity index (χ1n) is 9.19. The van der Waals surface area contributed by atoms with E-state index >= 15 is 0 Å². The molecule has 6 nitrogen and oxygen atoms in total. The van der Waals surface area contributed by atoms with E-state index in [1.807, 2.05) is 43.3 Å². The molecular weight excluding hydrogens is 469 g/mol. The number of anilines is 1. The SMILES string of the molecule is COc1ccc(NC(N)=NCc2ccc(C)cc2OCC2CCCO2)cc1.I. The predicted molar refractivity (Wildman–Crippen MR) is 123 cm³/mol. The molecule has 0 aromatic heterocycles. The summed E-state index contributed by atoms with van der Waals surface area (Å²) in [4.78, 5) is 4.44. The maximum absolute atomic E-state index is 6.02. The van der Waals surface area contributed by atoms with Gasteiger partial charge < -0.3 is 25.3 Å². The molecule has 0 bridgehead atoms. The van der Waals surface area contributed by atoms with Crippen molar-refractivity contribution in [3.63, 3.8) is 0 Å². The van der Waals surface area contributed by atoms with Crippen molar-refractivity contribution < 1.29 is 14.2 Å². The van der Waals surface area contributed by atoms with Gasteiger partial charge in [-0.15, -0.1) is 24.0 Å². The minimum absolute atomic E-state index is 0. The summed E-state index contributed by atoms with van der Waals surface area (Å²) in [5.74, 6) is 1.99. The normalized spacial score (nSPS) is 16.4. The number of nitrogens with two attached hydrogens (primary N) is 1. The highest BCUT2D eigenvalue weighted by molar-refractivity contribution is 14.0. The molecule has 3 rings (SSSR count). The maximum atomic E-state index is 6.02. The van der Waals surface area contributed by atoms with Gasteiger partial charge in [-0.1, -0.05) is 12.1 Å². The average molecular weight is 497 g/mol. The van der Waals surface area contributed by atoms with Gasteiger partial charge in [-0.3, -0.25) is 0 Å². The summed E-state index contributed by atoms with van der Waals surface area (Å²) in [5.41, 5.74) is 9.03. The number of methoxy groups -OCH3 is 1. The van der Waals surface area contributed by atoms with Gasteiger partial charge in [0.15, 0.2) is 5.96 Å². The molecule has 0 spiro atoms. The third-order valence-corrected chi connectivity index (χ3v) is 4.45. The van der Waals surface area contributed by atoms with Crippen molar-refractivity contribution in [3.05, 3.63) is 53.6 Å². The number of guanidine groups is 1. The van der Waals surface area contributed by atoms with Crippen LogP contribution in [0.15, 0.2) is 47.5 Å². The largest absolute Gasteiger partial charge is 0.497 e. The van der Waals surface area contributed by atoms with E-state index in [1.165, 1.54) is 0 Å². The van der Waals surface area contributed by atoms with Gasteiger partial charge in [0.25, 0.3) is 0 Å². The number of aryl methyl sites for hydroxylation is 1. The topological polar surface area (TPSA) is 78.1 Å². The van der Waals surface area contributed by atoms with Crippen LogP contribution in [0.3, 0.4) is 0 Å². The second-order valence-electron chi connectivity index (χ2n) is 6.61. The molecule has 1 heterocycles. The quantitative estimate of drug-likeness (QED) is 0.342. The van der Waals surface area contributed by atoms with Crippen molar-refractivity contribution in [2.75, 3.05) is 25.6 Å². The lowest BCUT2D eigenvalue weighted by molar-refractivity contribution is 0.0676. The monoisotopic (exact) mass is 497 g/mol. The number of rotatable bonds is 7. The van der Waals surface area contributed by atoms with E-state index in [2.05, 4.69) is 16.4 Å². The van der Waals surface area contributed by atoms with Gasteiger partial charge in [0.2, 0.25) is 0 Å². The molecule has 28 heavy (non-hydrogen) atoms. The average Bonchev–Trinajstić information content (AvgIpc) is 3.20. The molecule has 0 radical (unpaired) electrons. The first-order valence-corrected chi connectivity index (χ1v) is 9.19. The van der Waals surface area contributed by atoms with Gasteiger partial charge in [0.1, 0.15) is 18.1 Å². The highest BCUT2D eigenvalue weighted by Crippen LogP contribution is 2.23. The number of benzene rings is 2. The van der Waals surface area contributed by atoms with Crippen LogP contribution in [-0.4, -0.2) is 32.4 Å². The highest BCUT2D eigenvalue weighted by Gasteiger charge is 2.16. The Hall–Kier alpha value is -2.00. The van der Waals surface area contributed by atoms with Crippen LogP contribution in [0.2, 0.25) is 0 Å². The van der Waals surface area contributed by atoms with Crippen molar-refractivity contribution in [1.82, 2.24) is 0 Å². The Morgan fingerprint density at radius 3 is 2.71 bits per heavy atom. The van der Waals surface area contributed by atoms with E-state index < -0.39 is 0 Å². The van der Waals surface area contributed by atoms with Crippen LogP contribution in [0.4, 0.5) is 5.69 Å². The van der Waals surface area contributed by atoms with Crippen molar-refractivity contribution in [2.24, 2.45) is 10.7 Å². The summed E-state index contributed by atoms with van der Waals surface area (Å²) < 4.78 is 16.8. The molecule has 2 aromatic rings. The molecule has 1 aliphatic heterocycles. The van der Waals surface area contributed by atoms with Crippen LogP contribution in [-0.2, 0) is 11.3 Å². The third-order valence-electron chi connectivity index (χ3n) is 4.45. The number of ether oxygens (including phenoxy) is 3. The number of aliphatic imine (C=N–C) groups is 1. The fourth-order valence-corrected chi connectivity index (χ4v) is 2.92. The highest BCUT2D eigenvalue weighted by atomic mass is 127. The van der Waals surface area contributed by atoms with E-state index in [1.54, 1.807) is 7.11 Å². The van der Waals surface area contributed by atoms with Crippen molar-refractivity contribution in [3.8, 4) is 11.5 Å².